The molecule has 0 bridgehead atoms. The maximum Gasteiger partial charge on any atom is 0.317 e. The third-order valence-corrected chi connectivity index (χ3v) is 3.63. The van der Waals surface area contributed by atoms with Gasteiger partial charge in [0.05, 0.1) is 6.54 Å². The summed E-state index contributed by atoms with van der Waals surface area (Å²) < 4.78 is 14.7. The van der Waals surface area contributed by atoms with E-state index in [1.807, 2.05) is 25.9 Å². The molecule has 6 heteroatoms. The van der Waals surface area contributed by atoms with Crippen LogP contribution in [0.15, 0.2) is 22.7 Å². The maximum atomic E-state index is 14.0. The molecule has 0 saturated heterocycles. The number of likely N-dealkylation sites (N-methyl/N-ethyl adjacent to an activating group) is 1. The van der Waals surface area contributed by atoms with Gasteiger partial charge in [0.1, 0.15) is 5.82 Å². The van der Waals surface area contributed by atoms with Gasteiger partial charge in [0.2, 0.25) is 0 Å². The van der Waals surface area contributed by atoms with Gasteiger partial charge in [-0.3, -0.25) is 9.69 Å². The summed E-state index contributed by atoms with van der Waals surface area (Å²) in [5.41, 5.74) is 0.508. The zero-order valence-corrected chi connectivity index (χ0v) is 13.5. The molecule has 0 aliphatic rings. The first kappa shape index (κ1) is 17.1. The minimum absolute atomic E-state index is 0.107. The molecule has 4 nitrogen and oxygen atoms in total. The quantitative estimate of drug-likeness (QED) is 0.824. The summed E-state index contributed by atoms with van der Waals surface area (Å²) >= 11 is 3.22. The Morgan fingerprint density at radius 3 is 2.55 bits per heavy atom. The van der Waals surface area contributed by atoms with Gasteiger partial charge < -0.3 is 10.0 Å². The lowest BCUT2D eigenvalue weighted by atomic mass is 10.1. The number of carboxylic acid groups (broad SMARTS) is 1. The van der Waals surface area contributed by atoms with E-state index in [9.17, 15) is 9.18 Å². The lowest BCUT2D eigenvalue weighted by Crippen LogP contribution is -2.37. The molecule has 0 aliphatic carbocycles. The van der Waals surface area contributed by atoms with Crippen LogP contribution in [0, 0.1) is 5.82 Å². The van der Waals surface area contributed by atoms with Gasteiger partial charge in [-0.15, -0.1) is 0 Å². The van der Waals surface area contributed by atoms with Crippen molar-refractivity contribution in [1.29, 1.82) is 0 Å². The summed E-state index contributed by atoms with van der Waals surface area (Å²) in [6.07, 6.45) is 0. The third-order valence-electron chi connectivity index (χ3n) is 3.13. The van der Waals surface area contributed by atoms with Crippen LogP contribution in [-0.4, -0.2) is 54.6 Å². The molecule has 0 fully saturated rings. The van der Waals surface area contributed by atoms with E-state index in [1.165, 1.54) is 6.07 Å². The van der Waals surface area contributed by atoms with Gasteiger partial charge in [0, 0.05) is 29.2 Å². The van der Waals surface area contributed by atoms with E-state index in [2.05, 4.69) is 15.9 Å². The summed E-state index contributed by atoms with van der Waals surface area (Å²) in [5, 5.41) is 9.00. The zero-order valence-electron chi connectivity index (χ0n) is 11.9. The molecule has 1 atom stereocenters. The Labute approximate surface area is 127 Å². The highest BCUT2D eigenvalue weighted by molar-refractivity contribution is 9.10. The van der Waals surface area contributed by atoms with Gasteiger partial charge >= 0.3 is 5.97 Å². The number of carboxylic acids is 1. The van der Waals surface area contributed by atoms with Gasteiger partial charge in [-0.05, 0) is 33.2 Å². The van der Waals surface area contributed by atoms with E-state index in [0.717, 1.165) is 6.54 Å². The van der Waals surface area contributed by atoms with Crippen LogP contribution in [0.4, 0.5) is 4.39 Å². The first-order valence-electron chi connectivity index (χ1n) is 6.36. The van der Waals surface area contributed by atoms with E-state index >= 15 is 0 Å². The van der Waals surface area contributed by atoms with Crippen LogP contribution in [-0.2, 0) is 4.79 Å². The van der Waals surface area contributed by atoms with Crippen molar-refractivity contribution in [3.63, 3.8) is 0 Å². The third kappa shape index (κ3) is 5.19. The molecule has 20 heavy (non-hydrogen) atoms. The molecule has 0 amide bonds. The number of halogens is 2. The van der Waals surface area contributed by atoms with Crippen molar-refractivity contribution in [2.75, 3.05) is 33.7 Å². The van der Waals surface area contributed by atoms with E-state index in [4.69, 9.17) is 5.11 Å². The molecular weight excluding hydrogens is 327 g/mol. The number of carbonyl (C=O) groups is 1. The number of aliphatic carboxylic acids is 1. The number of hydrogen-bond acceptors (Lipinski definition) is 3. The first-order valence-corrected chi connectivity index (χ1v) is 7.16. The molecule has 0 spiro atoms. The molecule has 1 unspecified atom stereocenters. The smallest absolute Gasteiger partial charge is 0.317 e. The molecule has 1 aromatic carbocycles. The lowest BCUT2D eigenvalue weighted by Gasteiger charge is -2.29. The Morgan fingerprint density at radius 1 is 1.40 bits per heavy atom. The van der Waals surface area contributed by atoms with Crippen molar-refractivity contribution in [3.8, 4) is 0 Å². The largest absolute Gasteiger partial charge is 0.480 e. The van der Waals surface area contributed by atoms with E-state index < -0.39 is 5.97 Å². The Kier molecular flexibility index (Phi) is 6.58. The fourth-order valence-corrected chi connectivity index (χ4v) is 2.28. The van der Waals surface area contributed by atoms with Crippen molar-refractivity contribution >= 4 is 21.9 Å². The van der Waals surface area contributed by atoms with Crippen LogP contribution >= 0.6 is 15.9 Å². The highest BCUT2D eigenvalue weighted by atomic mass is 79.9. The molecule has 0 aromatic heterocycles. The van der Waals surface area contributed by atoms with Gasteiger partial charge in [0.15, 0.2) is 0 Å². The molecule has 0 saturated carbocycles. The maximum absolute atomic E-state index is 14.0. The number of nitrogens with zero attached hydrogens (tertiary/aromatic N) is 2. The van der Waals surface area contributed by atoms with Gasteiger partial charge in [0.25, 0.3) is 0 Å². The van der Waals surface area contributed by atoms with Crippen LogP contribution in [0.25, 0.3) is 0 Å². The van der Waals surface area contributed by atoms with E-state index in [0.29, 0.717) is 16.6 Å². The zero-order chi connectivity index (χ0) is 15.3. The number of hydrogen-bond donors (Lipinski definition) is 1. The Hall–Kier alpha value is -0.980. The summed E-state index contributed by atoms with van der Waals surface area (Å²) in [7, 11) is 3.84. The molecular formula is C14H20BrFN2O2. The van der Waals surface area contributed by atoms with Crippen LogP contribution in [0.5, 0.6) is 0 Å². The minimum atomic E-state index is -0.909. The van der Waals surface area contributed by atoms with Crippen molar-refractivity contribution in [2.45, 2.75) is 13.0 Å². The van der Waals surface area contributed by atoms with Crippen LogP contribution in [0.1, 0.15) is 18.5 Å². The molecule has 0 heterocycles. The second kappa shape index (κ2) is 7.71. The molecule has 0 aliphatic heterocycles. The van der Waals surface area contributed by atoms with Crippen molar-refractivity contribution in [3.05, 3.63) is 34.1 Å². The number of benzene rings is 1. The van der Waals surface area contributed by atoms with Gasteiger partial charge in [-0.25, -0.2) is 4.39 Å². The second-order valence-electron chi connectivity index (χ2n) is 5.01. The van der Waals surface area contributed by atoms with Gasteiger partial charge in [-0.2, -0.15) is 0 Å². The number of rotatable bonds is 7. The van der Waals surface area contributed by atoms with Crippen LogP contribution in [0.2, 0.25) is 0 Å². The van der Waals surface area contributed by atoms with Crippen molar-refractivity contribution in [2.24, 2.45) is 0 Å². The molecule has 112 valence electrons. The fourth-order valence-electron chi connectivity index (χ4n) is 1.95. The Balaban J connectivity index is 2.90. The highest BCUT2D eigenvalue weighted by Crippen LogP contribution is 2.25. The topological polar surface area (TPSA) is 43.8 Å². The predicted molar refractivity (Wildman–Crippen MR) is 80.3 cm³/mol. The second-order valence-corrected chi connectivity index (χ2v) is 5.92. The van der Waals surface area contributed by atoms with Gasteiger partial charge in [-0.1, -0.05) is 22.0 Å². The lowest BCUT2D eigenvalue weighted by molar-refractivity contribution is -0.139. The van der Waals surface area contributed by atoms with Crippen LogP contribution in [0.3, 0.4) is 0 Å². The standard InChI is InChI=1S/C14H20BrFN2O2/c1-10(12-5-4-11(15)8-13(12)16)18(9-14(19)20)7-6-17(2)3/h4-5,8,10H,6-7,9H2,1-3H3,(H,19,20). The Bertz CT molecular complexity index is 468. The predicted octanol–water partition coefficient (Wildman–Crippen LogP) is 2.60. The van der Waals surface area contributed by atoms with E-state index in [1.54, 1.807) is 17.0 Å². The average Bonchev–Trinajstić information content (AvgIpc) is 2.33. The molecule has 1 rings (SSSR count). The molecule has 0 radical (unpaired) electrons. The average molecular weight is 347 g/mol. The van der Waals surface area contributed by atoms with Crippen molar-refractivity contribution < 1.29 is 14.3 Å². The summed E-state index contributed by atoms with van der Waals surface area (Å²) in [6.45, 7) is 3.00. The molecule has 1 aromatic rings. The Morgan fingerprint density at radius 2 is 2.05 bits per heavy atom. The monoisotopic (exact) mass is 346 g/mol. The SMILES string of the molecule is CC(c1ccc(Br)cc1F)N(CCN(C)C)CC(=O)O. The first-order chi connectivity index (χ1) is 9.31. The van der Waals surface area contributed by atoms with E-state index in [-0.39, 0.29) is 18.4 Å². The highest BCUT2D eigenvalue weighted by Gasteiger charge is 2.21. The fraction of sp³-hybridized carbons (Fsp3) is 0.500. The van der Waals surface area contributed by atoms with Crippen molar-refractivity contribution in [1.82, 2.24) is 9.80 Å². The normalized spacial score (nSPS) is 12.9. The minimum Gasteiger partial charge on any atom is -0.480 e. The summed E-state index contributed by atoms with van der Waals surface area (Å²) in [4.78, 5) is 14.7. The van der Waals surface area contributed by atoms with Crippen LogP contribution < -0.4 is 0 Å². The molecule has 1 N–H and O–H groups in total. The summed E-state index contributed by atoms with van der Waals surface area (Å²) in [6, 6.07) is 4.56. The summed E-state index contributed by atoms with van der Waals surface area (Å²) in [5.74, 6) is -1.24.